The van der Waals surface area contributed by atoms with E-state index in [1.165, 1.54) is 11.3 Å². The highest BCUT2D eigenvalue weighted by atomic mass is 32.1. The summed E-state index contributed by atoms with van der Waals surface area (Å²) in [5, 5.41) is 9.15. The summed E-state index contributed by atoms with van der Waals surface area (Å²) in [5.41, 5.74) is 2.54. The predicted octanol–water partition coefficient (Wildman–Crippen LogP) is 2.37. The maximum absolute atomic E-state index is 5.27. The van der Waals surface area contributed by atoms with Crippen molar-refractivity contribution in [2.45, 2.75) is 32.7 Å². The second kappa shape index (κ2) is 6.06. The molecule has 0 fully saturated rings. The molecule has 0 saturated carbocycles. The zero-order chi connectivity index (χ0) is 13.0. The Labute approximate surface area is 111 Å². The Morgan fingerprint density at radius 2 is 2.28 bits per heavy atom. The summed E-state index contributed by atoms with van der Waals surface area (Å²) in [6.07, 6.45) is 1.84. The zero-order valence-electron chi connectivity index (χ0n) is 10.9. The highest BCUT2D eigenvalue weighted by Crippen LogP contribution is 2.16. The molecule has 6 heteroatoms. The van der Waals surface area contributed by atoms with Gasteiger partial charge >= 0.3 is 0 Å². The number of nitrogens with zero attached hydrogens (tertiary/aromatic N) is 3. The summed E-state index contributed by atoms with van der Waals surface area (Å²) >= 11 is 1.53. The first-order valence-corrected chi connectivity index (χ1v) is 7.01. The Bertz CT molecular complexity index is 466. The molecule has 2 aromatic rings. The molecule has 2 heterocycles. The van der Waals surface area contributed by atoms with Crippen LogP contribution in [0, 0.1) is 5.92 Å². The van der Waals surface area contributed by atoms with Crippen LogP contribution < -0.4 is 5.32 Å². The normalized spacial score (nSPS) is 13.1. The van der Waals surface area contributed by atoms with Crippen molar-refractivity contribution < 1.29 is 4.52 Å². The van der Waals surface area contributed by atoms with Gasteiger partial charge in [-0.2, -0.15) is 4.98 Å². The molecular weight excluding hydrogens is 248 g/mol. The van der Waals surface area contributed by atoms with Gasteiger partial charge in [-0.05, 0) is 19.4 Å². The Morgan fingerprint density at radius 1 is 1.44 bits per heavy atom. The van der Waals surface area contributed by atoms with Crippen LogP contribution in [0.2, 0.25) is 0 Å². The van der Waals surface area contributed by atoms with Crippen molar-refractivity contribution in [1.29, 1.82) is 0 Å². The predicted molar refractivity (Wildman–Crippen MR) is 71.4 cm³/mol. The van der Waals surface area contributed by atoms with E-state index >= 15 is 0 Å². The number of hydrogen-bond acceptors (Lipinski definition) is 6. The fraction of sp³-hybridized carbons (Fsp3) is 0.583. The molecule has 18 heavy (non-hydrogen) atoms. The third-order valence-corrected chi connectivity index (χ3v) is 3.30. The van der Waals surface area contributed by atoms with E-state index < -0.39 is 0 Å². The average Bonchev–Trinajstić information content (AvgIpc) is 2.97. The van der Waals surface area contributed by atoms with Crippen LogP contribution in [-0.4, -0.2) is 28.2 Å². The van der Waals surface area contributed by atoms with Gasteiger partial charge < -0.3 is 9.84 Å². The summed E-state index contributed by atoms with van der Waals surface area (Å²) in [6.45, 7) is 4.41. The summed E-state index contributed by atoms with van der Waals surface area (Å²) in [7, 11) is 1.96. The number of aromatic nitrogens is 3. The molecule has 0 saturated heterocycles. The van der Waals surface area contributed by atoms with E-state index in [2.05, 4.69) is 34.3 Å². The summed E-state index contributed by atoms with van der Waals surface area (Å²) < 4.78 is 5.27. The molecule has 0 aliphatic carbocycles. The highest BCUT2D eigenvalue weighted by molar-refractivity contribution is 7.07. The smallest absolute Gasteiger partial charge is 0.228 e. The molecule has 0 amide bonds. The Balaban J connectivity index is 2.01. The number of rotatable bonds is 6. The van der Waals surface area contributed by atoms with Crippen LogP contribution in [0.25, 0.3) is 11.5 Å². The van der Waals surface area contributed by atoms with E-state index in [1.807, 2.05) is 12.4 Å². The number of hydrogen-bond donors (Lipinski definition) is 1. The second-order valence-electron chi connectivity index (χ2n) is 4.70. The molecule has 0 aliphatic heterocycles. The van der Waals surface area contributed by atoms with Crippen LogP contribution in [-0.2, 0) is 6.42 Å². The molecule has 2 aromatic heterocycles. The topological polar surface area (TPSA) is 63.8 Å². The lowest BCUT2D eigenvalue weighted by Crippen LogP contribution is -2.29. The van der Waals surface area contributed by atoms with Gasteiger partial charge in [-0.3, -0.25) is 0 Å². The molecular formula is C12H18N4OS. The Hall–Kier alpha value is -1.27. The molecule has 1 N–H and O–H groups in total. The Morgan fingerprint density at radius 3 is 2.89 bits per heavy atom. The molecule has 2 rings (SSSR count). The van der Waals surface area contributed by atoms with Crippen molar-refractivity contribution >= 4 is 11.3 Å². The maximum Gasteiger partial charge on any atom is 0.228 e. The minimum atomic E-state index is 0.369. The van der Waals surface area contributed by atoms with Gasteiger partial charge in [0.25, 0.3) is 0 Å². The number of thiazole rings is 1. The van der Waals surface area contributed by atoms with E-state index in [-0.39, 0.29) is 0 Å². The molecule has 0 aromatic carbocycles. The van der Waals surface area contributed by atoms with E-state index in [9.17, 15) is 0 Å². The van der Waals surface area contributed by atoms with Crippen molar-refractivity contribution in [3.05, 3.63) is 16.8 Å². The third-order valence-electron chi connectivity index (χ3n) is 2.71. The third kappa shape index (κ3) is 3.36. The average molecular weight is 266 g/mol. The van der Waals surface area contributed by atoms with E-state index in [1.54, 1.807) is 5.51 Å². The largest absolute Gasteiger partial charge is 0.339 e. The van der Waals surface area contributed by atoms with Gasteiger partial charge in [0, 0.05) is 17.8 Å². The van der Waals surface area contributed by atoms with Gasteiger partial charge in [-0.25, -0.2) is 4.98 Å². The molecule has 98 valence electrons. The van der Waals surface area contributed by atoms with E-state index in [0.717, 1.165) is 18.5 Å². The first-order chi connectivity index (χ1) is 8.69. The van der Waals surface area contributed by atoms with E-state index in [0.29, 0.717) is 23.7 Å². The van der Waals surface area contributed by atoms with Gasteiger partial charge in [0.1, 0.15) is 5.69 Å². The van der Waals surface area contributed by atoms with Gasteiger partial charge in [0.05, 0.1) is 5.51 Å². The lowest BCUT2D eigenvalue weighted by Gasteiger charge is -2.15. The van der Waals surface area contributed by atoms with Gasteiger partial charge in [-0.1, -0.05) is 19.0 Å². The van der Waals surface area contributed by atoms with Crippen molar-refractivity contribution in [2.75, 3.05) is 7.05 Å². The van der Waals surface area contributed by atoms with Crippen LogP contribution >= 0.6 is 11.3 Å². The van der Waals surface area contributed by atoms with E-state index in [4.69, 9.17) is 4.52 Å². The van der Waals surface area contributed by atoms with Crippen LogP contribution in [0.3, 0.4) is 0 Å². The summed E-state index contributed by atoms with van der Waals surface area (Å²) in [5.74, 6) is 1.88. The van der Waals surface area contributed by atoms with Crippen molar-refractivity contribution in [2.24, 2.45) is 5.92 Å². The van der Waals surface area contributed by atoms with Crippen molar-refractivity contribution in [3.8, 4) is 11.5 Å². The summed E-state index contributed by atoms with van der Waals surface area (Å²) in [4.78, 5) is 8.54. The first kappa shape index (κ1) is 13.2. The van der Waals surface area contributed by atoms with Gasteiger partial charge in [-0.15, -0.1) is 11.3 Å². The number of likely N-dealkylation sites (N-methyl/N-ethyl adjacent to an activating group) is 1. The minimum absolute atomic E-state index is 0.369. The quantitative estimate of drug-likeness (QED) is 0.869. The molecule has 0 bridgehead atoms. The second-order valence-corrected chi connectivity index (χ2v) is 5.42. The lowest BCUT2D eigenvalue weighted by molar-refractivity contribution is 0.345. The van der Waals surface area contributed by atoms with Gasteiger partial charge in [0.15, 0.2) is 0 Å². The monoisotopic (exact) mass is 266 g/mol. The van der Waals surface area contributed by atoms with Crippen LogP contribution in [0.1, 0.15) is 26.2 Å². The molecule has 5 nitrogen and oxygen atoms in total. The Kier molecular flexibility index (Phi) is 4.43. The molecule has 0 radical (unpaired) electrons. The molecule has 1 atom stereocenters. The molecule has 0 aliphatic rings. The minimum Gasteiger partial charge on any atom is -0.339 e. The van der Waals surface area contributed by atoms with Crippen LogP contribution in [0.4, 0.5) is 0 Å². The summed E-state index contributed by atoms with van der Waals surface area (Å²) in [6, 6.07) is 0.369. The standard InChI is InChI=1S/C12H18N4OS/c1-8(2)4-9(13-3)5-11-15-12(16-17-11)10-6-18-7-14-10/h6-9,13H,4-5H2,1-3H3. The fourth-order valence-electron chi connectivity index (χ4n) is 1.85. The maximum atomic E-state index is 5.27. The van der Waals surface area contributed by atoms with Crippen molar-refractivity contribution in [3.63, 3.8) is 0 Å². The first-order valence-electron chi connectivity index (χ1n) is 6.07. The van der Waals surface area contributed by atoms with Crippen LogP contribution in [0.15, 0.2) is 15.4 Å². The molecule has 0 spiro atoms. The van der Waals surface area contributed by atoms with Crippen LogP contribution in [0.5, 0.6) is 0 Å². The zero-order valence-corrected chi connectivity index (χ0v) is 11.7. The fourth-order valence-corrected chi connectivity index (χ4v) is 2.38. The molecule has 1 unspecified atom stereocenters. The van der Waals surface area contributed by atoms with Crippen molar-refractivity contribution in [1.82, 2.24) is 20.4 Å². The highest BCUT2D eigenvalue weighted by Gasteiger charge is 2.15. The number of nitrogens with one attached hydrogen (secondary N) is 1. The lowest BCUT2D eigenvalue weighted by atomic mass is 10.0. The van der Waals surface area contributed by atoms with Gasteiger partial charge in [0.2, 0.25) is 11.7 Å². The SMILES string of the molecule is CNC(Cc1nc(-c2cscn2)no1)CC(C)C.